The van der Waals surface area contributed by atoms with Crippen LogP contribution in [-0.2, 0) is 9.59 Å². The van der Waals surface area contributed by atoms with Crippen molar-refractivity contribution >= 4 is 17.4 Å². The fourth-order valence-corrected chi connectivity index (χ4v) is 3.34. The van der Waals surface area contributed by atoms with Crippen molar-refractivity contribution in [1.82, 2.24) is 4.90 Å². The van der Waals surface area contributed by atoms with Gasteiger partial charge in [0.2, 0.25) is 0 Å². The highest BCUT2D eigenvalue weighted by Crippen LogP contribution is 2.40. The number of aliphatic hydroxyl groups excluding tert-OH is 1. The Hall–Kier alpha value is -3.35. The number of hydrogen-bond acceptors (Lipinski definition) is 5. The number of nitrogens with zero attached hydrogens (tertiary/aromatic N) is 1. The van der Waals surface area contributed by atoms with Crippen molar-refractivity contribution in [2.24, 2.45) is 0 Å². The van der Waals surface area contributed by atoms with Gasteiger partial charge in [0, 0.05) is 7.05 Å². The van der Waals surface area contributed by atoms with E-state index in [2.05, 4.69) is 0 Å². The molecule has 2 aromatic rings. The zero-order chi connectivity index (χ0) is 21.1. The molecule has 0 aliphatic carbocycles. The third kappa shape index (κ3) is 3.81. The van der Waals surface area contributed by atoms with Gasteiger partial charge in [0.1, 0.15) is 23.1 Å². The summed E-state index contributed by atoms with van der Waals surface area (Å²) >= 11 is 0. The molecule has 0 bridgehead atoms. The zero-order valence-electron chi connectivity index (χ0n) is 16.4. The number of carbonyl (C=O) groups excluding carboxylic acids is 2. The quantitative estimate of drug-likeness (QED) is 0.456. The highest BCUT2D eigenvalue weighted by Gasteiger charge is 2.44. The number of amides is 1. The number of rotatable bonds is 6. The Balaban J connectivity index is 2.16. The maximum atomic E-state index is 13.8. The van der Waals surface area contributed by atoms with Crippen molar-refractivity contribution in [3.8, 4) is 11.5 Å². The maximum Gasteiger partial charge on any atom is 0.295 e. The van der Waals surface area contributed by atoms with Gasteiger partial charge in [-0.05, 0) is 42.3 Å². The smallest absolute Gasteiger partial charge is 0.295 e. The first kappa shape index (κ1) is 20.4. The number of carbonyl (C=O) groups is 2. The van der Waals surface area contributed by atoms with Crippen molar-refractivity contribution in [2.45, 2.75) is 19.4 Å². The van der Waals surface area contributed by atoms with Crippen LogP contribution in [0.2, 0.25) is 0 Å². The molecule has 0 aromatic heterocycles. The van der Waals surface area contributed by atoms with Crippen LogP contribution in [0.3, 0.4) is 0 Å². The Labute approximate surface area is 168 Å². The van der Waals surface area contributed by atoms with Crippen LogP contribution in [0.1, 0.15) is 30.5 Å². The molecule has 152 valence electrons. The molecule has 6 nitrogen and oxygen atoms in total. The van der Waals surface area contributed by atoms with Crippen LogP contribution in [0.5, 0.6) is 11.5 Å². The molecule has 7 heteroatoms. The molecule has 29 heavy (non-hydrogen) atoms. The van der Waals surface area contributed by atoms with Gasteiger partial charge < -0.3 is 19.5 Å². The lowest BCUT2D eigenvalue weighted by Crippen LogP contribution is -2.24. The van der Waals surface area contributed by atoms with Gasteiger partial charge >= 0.3 is 0 Å². The standard InChI is InChI=1S/C22H22FNO5/c1-4-10-29-15-7-5-6-13(11-15)19-18(21(26)22(27)24(19)2)20(25)16-12-14(23)8-9-17(16)28-3/h5-9,11-12,19,25H,4,10H2,1-3H3/b20-18+. The van der Waals surface area contributed by atoms with Crippen LogP contribution in [0.4, 0.5) is 4.39 Å². The largest absolute Gasteiger partial charge is 0.507 e. The van der Waals surface area contributed by atoms with Crippen molar-refractivity contribution in [3.63, 3.8) is 0 Å². The number of methoxy groups -OCH3 is 1. The molecule has 0 radical (unpaired) electrons. The average molecular weight is 399 g/mol. The fourth-order valence-electron chi connectivity index (χ4n) is 3.34. The summed E-state index contributed by atoms with van der Waals surface area (Å²) in [7, 11) is 2.85. The molecule has 0 spiro atoms. The van der Waals surface area contributed by atoms with Crippen LogP contribution < -0.4 is 9.47 Å². The van der Waals surface area contributed by atoms with E-state index < -0.39 is 29.3 Å². The molecule has 1 saturated heterocycles. The number of aliphatic hydroxyl groups is 1. The number of ether oxygens (including phenoxy) is 2. The number of likely N-dealkylation sites (tertiary alicyclic amines) is 1. The van der Waals surface area contributed by atoms with Crippen molar-refractivity contribution in [2.75, 3.05) is 20.8 Å². The first-order valence-corrected chi connectivity index (χ1v) is 9.20. The fraction of sp³-hybridized carbons (Fsp3) is 0.273. The normalized spacial score (nSPS) is 18.2. The van der Waals surface area contributed by atoms with Gasteiger partial charge in [-0.3, -0.25) is 9.59 Å². The van der Waals surface area contributed by atoms with E-state index in [-0.39, 0.29) is 16.9 Å². The molecule has 1 unspecified atom stereocenters. The lowest BCUT2D eigenvalue weighted by molar-refractivity contribution is -0.139. The second-order valence-corrected chi connectivity index (χ2v) is 6.68. The van der Waals surface area contributed by atoms with Gasteiger partial charge in [0.05, 0.1) is 30.9 Å². The molecular weight excluding hydrogens is 377 g/mol. The summed E-state index contributed by atoms with van der Waals surface area (Å²) in [5.41, 5.74) is 0.466. The van der Waals surface area contributed by atoms with E-state index in [0.717, 1.165) is 12.5 Å². The van der Waals surface area contributed by atoms with E-state index in [1.807, 2.05) is 6.92 Å². The summed E-state index contributed by atoms with van der Waals surface area (Å²) in [5, 5.41) is 10.9. The summed E-state index contributed by atoms with van der Waals surface area (Å²) in [6, 6.07) is 9.74. The van der Waals surface area contributed by atoms with Gasteiger partial charge in [0.15, 0.2) is 0 Å². The highest BCUT2D eigenvalue weighted by molar-refractivity contribution is 6.46. The lowest BCUT2D eigenvalue weighted by Gasteiger charge is -2.22. The van der Waals surface area contributed by atoms with Gasteiger partial charge in [0.25, 0.3) is 11.7 Å². The zero-order valence-corrected chi connectivity index (χ0v) is 16.4. The Morgan fingerprint density at radius 2 is 1.97 bits per heavy atom. The van der Waals surface area contributed by atoms with Crippen LogP contribution in [-0.4, -0.2) is 42.5 Å². The Morgan fingerprint density at radius 1 is 1.21 bits per heavy atom. The van der Waals surface area contributed by atoms with E-state index in [1.54, 1.807) is 24.3 Å². The lowest BCUT2D eigenvalue weighted by atomic mass is 9.95. The van der Waals surface area contributed by atoms with Crippen molar-refractivity contribution in [1.29, 1.82) is 0 Å². The predicted octanol–water partition coefficient (Wildman–Crippen LogP) is 3.67. The molecule has 1 aliphatic heterocycles. The molecule has 1 amide bonds. The third-order valence-corrected chi connectivity index (χ3v) is 4.74. The molecule has 2 aromatic carbocycles. The number of halogens is 1. The summed E-state index contributed by atoms with van der Waals surface area (Å²) in [4.78, 5) is 26.3. The van der Waals surface area contributed by atoms with Crippen molar-refractivity contribution < 1.29 is 28.6 Å². The van der Waals surface area contributed by atoms with Crippen LogP contribution in [0, 0.1) is 5.82 Å². The van der Waals surface area contributed by atoms with Crippen LogP contribution >= 0.6 is 0 Å². The van der Waals surface area contributed by atoms with E-state index >= 15 is 0 Å². The average Bonchev–Trinajstić information content (AvgIpc) is 2.95. The molecular formula is C22H22FNO5. The number of likely N-dealkylation sites (N-methyl/N-ethyl adjacent to an activating group) is 1. The van der Waals surface area contributed by atoms with Gasteiger partial charge in [-0.1, -0.05) is 19.1 Å². The summed E-state index contributed by atoms with van der Waals surface area (Å²) < 4.78 is 24.6. The molecule has 0 saturated carbocycles. The Kier molecular flexibility index (Phi) is 5.87. The molecule has 1 fully saturated rings. The van der Waals surface area contributed by atoms with E-state index in [1.165, 1.54) is 31.2 Å². The van der Waals surface area contributed by atoms with Crippen LogP contribution in [0.15, 0.2) is 48.0 Å². The first-order chi connectivity index (χ1) is 13.9. The highest BCUT2D eigenvalue weighted by atomic mass is 19.1. The summed E-state index contributed by atoms with van der Waals surface area (Å²) in [6.45, 7) is 2.51. The second kappa shape index (κ2) is 8.34. The first-order valence-electron chi connectivity index (χ1n) is 9.20. The van der Waals surface area contributed by atoms with E-state index in [0.29, 0.717) is 17.9 Å². The number of ketones is 1. The van der Waals surface area contributed by atoms with Gasteiger partial charge in [-0.2, -0.15) is 0 Å². The molecule has 3 rings (SSSR count). The Bertz CT molecular complexity index is 985. The Morgan fingerprint density at radius 3 is 2.66 bits per heavy atom. The summed E-state index contributed by atoms with van der Waals surface area (Å²) in [5.74, 6) is -1.93. The second-order valence-electron chi connectivity index (χ2n) is 6.68. The number of hydrogen-bond donors (Lipinski definition) is 1. The molecule has 1 heterocycles. The minimum atomic E-state index is -0.846. The number of benzene rings is 2. The van der Waals surface area contributed by atoms with Gasteiger partial charge in [-0.15, -0.1) is 0 Å². The molecule has 1 N–H and O–H groups in total. The van der Waals surface area contributed by atoms with Crippen molar-refractivity contribution in [3.05, 3.63) is 65.0 Å². The maximum absolute atomic E-state index is 13.8. The third-order valence-electron chi connectivity index (χ3n) is 4.74. The van der Waals surface area contributed by atoms with E-state index in [9.17, 15) is 19.1 Å². The van der Waals surface area contributed by atoms with E-state index in [4.69, 9.17) is 9.47 Å². The molecule has 1 atom stereocenters. The SMILES string of the molecule is CCCOc1cccc(C2/C(=C(\O)c3cc(F)ccc3OC)C(=O)C(=O)N2C)c1. The monoisotopic (exact) mass is 399 g/mol. The number of Topliss-reactive ketones (excluding diaryl/α,β-unsaturated/α-hetero) is 1. The molecule has 1 aliphatic rings. The predicted molar refractivity (Wildman–Crippen MR) is 105 cm³/mol. The van der Waals surface area contributed by atoms with Gasteiger partial charge in [-0.25, -0.2) is 4.39 Å². The minimum Gasteiger partial charge on any atom is -0.507 e. The summed E-state index contributed by atoms with van der Waals surface area (Å²) in [6.07, 6.45) is 0.829. The van der Waals surface area contributed by atoms with Crippen LogP contribution in [0.25, 0.3) is 5.76 Å². The topological polar surface area (TPSA) is 76.1 Å². The minimum absolute atomic E-state index is 0.00216.